The molecule has 1 aliphatic heterocycles. The highest BCUT2D eigenvalue weighted by Gasteiger charge is 2.15. The Morgan fingerprint density at radius 3 is 2.19 bits per heavy atom. The van der Waals surface area contributed by atoms with E-state index in [1.165, 1.54) is 16.8 Å². The lowest BCUT2D eigenvalue weighted by Gasteiger charge is -2.23. The Morgan fingerprint density at radius 2 is 1.67 bits per heavy atom. The zero-order valence-corrected chi connectivity index (χ0v) is 13.7. The van der Waals surface area contributed by atoms with Crippen LogP contribution in [0, 0.1) is 0 Å². The number of nitrogens with zero attached hydrogens (tertiary/aromatic N) is 1. The van der Waals surface area contributed by atoms with Crippen molar-refractivity contribution in [2.75, 3.05) is 18.0 Å². The fourth-order valence-corrected chi connectivity index (χ4v) is 3.56. The molecular weight excluding hydrogens is 326 g/mol. The van der Waals surface area contributed by atoms with Crippen molar-refractivity contribution in [3.63, 3.8) is 0 Å². The predicted octanol–water partition coefficient (Wildman–Crippen LogP) is 4.26. The molecule has 0 saturated carbocycles. The number of anilines is 1. The van der Waals surface area contributed by atoms with Crippen molar-refractivity contribution in [2.24, 2.45) is 0 Å². The van der Waals surface area contributed by atoms with Crippen LogP contribution < -0.4 is 4.90 Å². The quantitative estimate of drug-likeness (QED) is 0.759. The minimum Gasteiger partial charge on any atom is -0.371 e. The molecule has 0 aliphatic carbocycles. The molecule has 1 heterocycles. The first-order valence-electron chi connectivity index (χ1n) is 7.27. The van der Waals surface area contributed by atoms with Gasteiger partial charge in [-0.3, -0.25) is 4.79 Å². The zero-order valence-electron chi connectivity index (χ0n) is 12.1. The topological polar surface area (TPSA) is 20.3 Å². The van der Waals surface area contributed by atoms with E-state index in [2.05, 4.69) is 57.2 Å². The van der Waals surface area contributed by atoms with Gasteiger partial charge in [-0.15, -0.1) is 0 Å². The van der Waals surface area contributed by atoms with Crippen LogP contribution in [-0.4, -0.2) is 18.9 Å². The zero-order chi connectivity index (χ0) is 14.8. The largest absolute Gasteiger partial charge is 0.371 e. The van der Waals surface area contributed by atoms with E-state index in [4.69, 9.17) is 0 Å². The maximum absolute atomic E-state index is 11.5. The number of rotatable bonds is 2. The summed E-state index contributed by atoms with van der Waals surface area (Å²) in [7, 11) is 0. The smallest absolute Gasteiger partial charge is 0.160 e. The van der Waals surface area contributed by atoms with Gasteiger partial charge in [0, 0.05) is 28.8 Å². The summed E-state index contributed by atoms with van der Waals surface area (Å²) in [6.45, 7) is 3.63. The van der Waals surface area contributed by atoms with Crippen LogP contribution >= 0.6 is 15.9 Å². The van der Waals surface area contributed by atoms with Gasteiger partial charge in [0.15, 0.2) is 5.78 Å². The van der Waals surface area contributed by atoms with Gasteiger partial charge in [-0.25, -0.2) is 0 Å². The summed E-state index contributed by atoms with van der Waals surface area (Å²) in [6.07, 6.45) is 2.14. The van der Waals surface area contributed by atoms with E-state index in [0.29, 0.717) is 0 Å². The fraction of sp³-hybridized carbons (Fsp3) is 0.278. The number of carbonyl (C=O) groups is 1. The third-order valence-corrected chi connectivity index (χ3v) is 4.77. The Bertz CT molecular complexity index is 654. The molecule has 0 unspecified atom stereocenters. The third kappa shape index (κ3) is 3.03. The van der Waals surface area contributed by atoms with E-state index in [9.17, 15) is 4.79 Å². The molecule has 0 aromatic heterocycles. The van der Waals surface area contributed by atoms with E-state index >= 15 is 0 Å². The van der Waals surface area contributed by atoms with E-state index in [1.54, 1.807) is 6.92 Å². The number of carbonyl (C=O) groups excluding carboxylic acids is 1. The highest BCUT2D eigenvalue weighted by atomic mass is 79.9. The SMILES string of the molecule is CC(=O)c1ccc(N2CCc3ccccc3CC2)cc1Br. The molecule has 108 valence electrons. The van der Waals surface area contributed by atoms with Crippen LogP contribution in [0.1, 0.15) is 28.4 Å². The summed E-state index contributed by atoms with van der Waals surface area (Å²) >= 11 is 3.51. The molecule has 0 fully saturated rings. The maximum Gasteiger partial charge on any atom is 0.160 e. The molecule has 3 rings (SSSR count). The summed E-state index contributed by atoms with van der Waals surface area (Å²) in [5, 5.41) is 0. The molecule has 0 bridgehead atoms. The van der Waals surface area contributed by atoms with Gasteiger partial charge >= 0.3 is 0 Å². The van der Waals surface area contributed by atoms with Gasteiger partial charge in [-0.1, -0.05) is 24.3 Å². The van der Waals surface area contributed by atoms with Crippen LogP contribution in [-0.2, 0) is 12.8 Å². The minimum atomic E-state index is 0.0942. The Hall–Kier alpha value is -1.61. The second kappa shape index (κ2) is 6.02. The third-order valence-electron chi connectivity index (χ3n) is 4.12. The molecule has 2 nitrogen and oxygen atoms in total. The summed E-state index contributed by atoms with van der Waals surface area (Å²) < 4.78 is 0.884. The number of fused-ring (bicyclic) bond motifs is 1. The van der Waals surface area contributed by atoms with Crippen LogP contribution in [0.15, 0.2) is 46.9 Å². The summed E-state index contributed by atoms with van der Waals surface area (Å²) in [6, 6.07) is 14.7. The maximum atomic E-state index is 11.5. The van der Waals surface area contributed by atoms with Crippen molar-refractivity contribution in [2.45, 2.75) is 19.8 Å². The molecule has 0 saturated heterocycles. The average molecular weight is 344 g/mol. The molecule has 0 N–H and O–H groups in total. The Kier molecular flexibility index (Phi) is 4.11. The molecule has 0 spiro atoms. The normalized spacial score (nSPS) is 14.5. The monoisotopic (exact) mass is 343 g/mol. The van der Waals surface area contributed by atoms with Gasteiger partial charge in [-0.05, 0) is 65.0 Å². The van der Waals surface area contributed by atoms with Crippen LogP contribution in [0.3, 0.4) is 0 Å². The second-order valence-electron chi connectivity index (χ2n) is 5.48. The molecule has 2 aromatic rings. The fourth-order valence-electron chi connectivity index (χ4n) is 2.91. The van der Waals surface area contributed by atoms with Gasteiger partial charge in [-0.2, -0.15) is 0 Å². The Morgan fingerprint density at radius 1 is 1.05 bits per heavy atom. The van der Waals surface area contributed by atoms with Crippen molar-refractivity contribution < 1.29 is 4.79 Å². The van der Waals surface area contributed by atoms with E-state index in [1.807, 2.05) is 6.07 Å². The van der Waals surface area contributed by atoms with Crippen molar-refractivity contribution in [1.82, 2.24) is 0 Å². The minimum absolute atomic E-state index is 0.0942. The highest BCUT2D eigenvalue weighted by molar-refractivity contribution is 9.10. The second-order valence-corrected chi connectivity index (χ2v) is 6.33. The number of hydrogen-bond acceptors (Lipinski definition) is 2. The molecule has 1 aliphatic rings. The Labute approximate surface area is 133 Å². The van der Waals surface area contributed by atoms with Crippen molar-refractivity contribution in [3.05, 3.63) is 63.6 Å². The highest BCUT2D eigenvalue weighted by Crippen LogP contribution is 2.26. The summed E-state index contributed by atoms with van der Waals surface area (Å²) in [5.41, 5.74) is 4.84. The lowest BCUT2D eigenvalue weighted by molar-refractivity contribution is 0.101. The number of hydrogen-bond donors (Lipinski definition) is 0. The van der Waals surface area contributed by atoms with Gasteiger partial charge in [0.2, 0.25) is 0 Å². The van der Waals surface area contributed by atoms with Gasteiger partial charge < -0.3 is 4.90 Å². The molecule has 0 atom stereocenters. The first-order chi connectivity index (χ1) is 10.1. The number of Topliss-reactive ketones (excluding diaryl/α,β-unsaturated/α-hetero) is 1. The first kappa shape index (κ1) is 14.3. The van der Waals surface area contributed by atoms with Crippen molar-refractivity contribution >= 4 is 27.4 Å². The lowest BCUT2D eigenvalue weighted by Crippen LogP contribution is -2.26. The summed E-state index contributed by atoms with van der Waals surface area (Å²) in [4.78, 5) is 13.9. The number of ketones is 1. The van der Waals surface area contributed by atoms with E-state index in [-0.39, 0.29) is 5.78 Å². The molecule has 3 heteroatoms. The average Bonchev–Trinajstić information content (AvgIpc) is 2.69. The molecule has 21 heavy (non-hydrogen) atoms. The van der Waals surface area contributed by atoms with Gasteiger partial charge in [0.1, 0.15) is 0 Å². The predicted molar refractivity (Wildman–Crippen MR) is 90.2 cm³/mol. The van der Waals surface area contributed by atoms with Gasteiger partial charge in [0.05, 0.1) is 0 Å². The van der Waals surface area contributed by atoms with Crippen LogP contribution in [0.4, 0.5) is 5.69 Å². The Balaban J connectivity index is 1.83. The molecule has 0 amide bonds. The molecular formula is C18H18BrNO. The lowest BCUT2D eigenvalue weighted by atomic mass is 10.0. The summed E-state index contributed by atoms with van der Waals surface area (Å²) in [5.74, 6) is 0.0942. The van der Waals surface area contributed by atoms with Crippen molar-refractivity contribution in [1.29, 1.82) is 0 Å². The molecule has 0 radical (unpaired) electrons. The first-order valence-corrected chi connectivity index (χ1v) is 8.06. The van der Waals surface area contributed by atoms with Crippen molar-refractivity contribution in [3.8, 4) is 0 Å². The van der Waals surface area contributed by atoms with E-state index in [0.717, 1.165) is 36.0 Å². The van der Waals surface area contributed by atoms with Crippen LogP contribution in [0.25, 0.3) is 0 Å². The number of benzene rings is 2. The molecule has 2 aromatic carbocycles. The number of halogens is 1. The van der Waals surface area contributed by atoms with Crippen LogP contribution in [0.2, 0.25) is 0 Å². The standard InChI is InChI=1S/C18H18BrNO/c1-13(21)17-7-6-16(12-18(17)19)20-10-8-14-4-2-3-5-15(14)9-11-20/h2-7,12H,8-11H2,1H3. The van der Waals surface area contributed by atoms with Gasteiger partial charge in [0.25, 0.3) is 0 Å². The van der Waals surface area contributed by atoms with Crippen LogP contribution in [0.5, 0.6) is 0 Å². The van der Waals surface area contributed by atoms with E-state index < -0.39 is 0 Å².